The molecule has 0 aliphatic heterocycles. The van der Waals surface area contributed by atoms with E-state index in [1.54, 1.807) is 0 Å². The Balaban J connectivity index is 2.43. The average Bonchev–Trinajstić information content (AvgIpc) is 2.34. The fraction of sp³-hybridized carbons (Fsp3) is 0.667. The largest absolute Gasteiger partial charge is 0.481 e. The van der Waals surface area contributed by atoms with Crippen LogP contribution in [0.2, 0.25) is 0 Å². The van der Waals surface area contributed by atoms with Gasteiger partial charge in [-0.25, -0.2) is 0 Å². The lowest BCUT2D eigenvalue weighted by molar-refractivity contribution is -0.138. The van der Waals surface area contributed by atoms with Crippen LogP contribution in [0, 0.1) is 11.8 Å². The molecule has 0 saturated heterocycles. The highest BCUT2D eigenvalue weighted by Crippen LogP contribution is 2.34. The molecule has 1 N–H and O–H groups in total. The van der Waals surface area contributed by atoms with Gasteiger partial charge in [0.15, 0.2) is 0 Å². The lowest BCUT2D eigenvalue weighted by atomic mass is 9.93. The maximum Gasteiger partial charge on any atom is 0.303 e. The summed E-state index contributed by atoms with van der Waals surface area (Å²) in [6.45, 7) is 3.71. The number of rotatable bonds is 3. The van der Waals surface area contributed by atoms with Crippen LogP contribution in [0.4, 0.5) is 0 Å². The number of carboxylic acids is 1. The van der Waals surface area contributed by atoms with Crippen molar-refractivity contribution in [2.45, 2.75) is 25.7 Å². The highest BCUT2D eigenvalue weighted by atomic mass is 16.4. The van der Waals surface area contributed by atoms with Crippen LogP contribution in [-0.2, 0) is 4.79 Å². The van der Waals surface area contributed by atoms with Gasteiger partial charge in [0.2, 0.25) is 0 Å². The Morgan fingerprint density at radius 1 is 1.64 bits per heavy atom. The third kappa shape index (κ3) is 2.07. The Labute approximate surface area is 66.9 Å². The van der Waals surface area contributed by atoms with Gasteiger partial charge in [0.25, 0.3) is 0 Å². The van der Waals surface area contributed by atoms with Gasteiger partial charge < -0.3 is 5.11 Å². The van der Waals surface area contributed by atoms with E-state index >= 15 is 0 Å². The molecule has 1 aliphatic carbocycles. The van der Waals surface area contributed by atoms with Crippen molar-refractivity contribution in [3.8, 4) is 0 Å². The first-order chi connectivity index (χ1) is 5.24. The van der Waals surface area contributed by atoms with Crippen molar-refractivity contribution in [1.29, 1.82) is 0 Å². The minimum absolute atomic E-state index is 0.316. The summed E-state index contributed by atoms with van der Waals surface area (Å²) in [6, 6.07) is 0. The van der Waals surface area contributed by atoms with Gasteiger partial charge >= 0.3 is 5.97 Å². The molecule has 0 amide bonds. The fourth-order valence-electron chi connectivity index (χ4n) is 1.85. The van der Waals surface area contributed by atoms with Gasteiger partial charge in [-0.05, 0) is 24.7 Å². The van der Waals surface area contributed by atoms with Crippen LogP contribution in [-0.4, -0.2) is 11.1 Å². The third-order valence-corrected chi connectivity index (χ3v) is 2.46. The highest BCUT2D eigenvalue weighted by Gasteiger charge is 2.26. The Morgan fingerprint density at radius 2 is 2.36 bits per heavy atom. The zero-order valence-electron chi connectivity index (χ0n) is 6.62. The number of hydrogen-bond acceptors (Lipinski definition) is 1. The van der Waals surface area contributed by atoms with Crippen molar-refractivity contribution in [2.24, 2.45) is 11.8 Å². The maximum atomic E-state index is 10.4. The Bertz CT molecular complexity index is 163. The van der Waals surface area contributed by atoms with Gasteiger partial charge in [-0.2, -0.15) is 0 Å². The van der Waals surface area contributed by atoms with Crippen LogP contribution in [0.1, 0.15) is 25.7 Å². The van der Waals surface area contributed by atoms with Crippen molar-refractivity contribution < 1.29 is 9.90 Å². The van der Waals surface area contributed by atoms with Gasteiger partial charge in [-0.1, -0.05) is 12.5 Å². The first-order valence-corrected chi connectivity index (χ1v) is 4.08. The van der Waals surface area contributed by atoms with Crippen LogP contribution in [0.25, 0.3) is 0 Å². The minimum Gasteiger partial charge on any atom is -0.481 e. The van der Waals surface area contributed by atoms with Gasteiger partial charge in [-0.15, -0.1) is 6.58 Å². The molecule has 2 nitrogen and oxygen atoms in total. The van der Waals surface area contributed by atoms with E-state index in [-0.39, 0.29) is 0 Å². The standard InChI is InChI=1S/C9H14O2/c1-2-7-4-3-5-8(7)6-9(10)11/h2,7-8H,1,3-6H2,(H,10,11)/t7-,8-/m0/s1. The van der Waals surface area contributed by atoms with Crippen molar-refractivity contribution in [1.82, 2.24) is 0 Å². The number of hydrogen-bond donors (Lipinski definition) is 1. The molecule has 1 rings (SSSR count). The van der Waals surface area contributed by atoms with E-state index in [4.69, 9.17) is 5.11 Å². The summed E-state index contributed by atoms with van der Waals surface area (Å²) in [6.07, 6.45) is 5.57. The molecule has 2 heteroatoms. The SMILES string of the molecule is C=C[C@H]1CCC[C@H]1CC(=O)O. The van der Waals surface area contributed by atoms with Crippen LogP contribution in [0.5, 0.6) is 0 Å². The summed E-state index contributed by atoms with van der Waals surface area (Å²) >= 11 is 0. The molecule has 0 radical (unpaired) electrons. The van der Waals surface area contributed by atoms with E-state index < -0.39 is 5.97 Å². The van der Waals surface area contributed by atoms with E-state index in [1.807, 2.05) is 6.08 Å². The molecular weight excluding hydrogens is 140 g/mol. The van der Waals surface area contributed by atoms with Gasteiger partial charge in [0.05, 0.1) is 0 Å². The zero-order valence-corrected chi connectivity index (χ0v) is 6.62. The van der Waals surface area contributed by atoms with Crippen LogP contribution in [0.15, 0.2) is 12.7 Å². The van der Waals surface area contributed by atoms with Gasteiger partial charge in [-0.3, -0.25) is 4.79 Å². The smallest absolute Gasteiger partial charge is 0.303 e. The van der Waals surface area contributed by atoms with E-state index in [0.29, 0.717) is 18.3 Å². The fourth-order valence-corrected chi connectivity index (χ4v) is 1.85. The molecule has 62 valence electrons. The maximum absolute atomic E-state index is 10.4. The third-order valence-electron chi connectivity index (χ3n) is 2.46. The first kappa shape index (κ1) is 8.31. The van der Waals surface area contributed by atoms with Crippen LogP contribution in [0.3, 0.4) is 0 Å². The van der Waals surface area contributed by atoms with Gasteiger partial charge in [0, 0.05) is 6.42 Å². The molecule has 11 heavy (non-hydrogen) atoms. The molecule has 2 atom stereocenters. The Kier molecular flexibility index (Phi) is 2.69. The highest BCUT2D eigenvalue weighted by molar-refractivity contribution is 5.67. The number of allylic oxidation sites excluding steroid dienone is 1. The topological polar surface area (TPSA) is 37.3 Å². The van der Waals surface area contributed by atoms with Crippen LogP contribution >= 0.6 is 0 Å². The Hall–Kier alpha value is -0.790. The second kappa shape index (κ2) is 3.56. The molecule has 1 fully saturated rings. The van der Waals surface area contributed by atoms with Crippen molar-refractivity contribution in [3.63, 3.8) is 0 Å². The molecule has 0 aromatic carbocycles. The predicted molar refractivity (Wildman–Crippen MR) is 43.3 cm³/mol. The minimum atomic E-state index is -0.677. The summed E-state index contributed by atoms with van der Waals surface area (Å²) in [5.74, 6) is 0.125. The number of carboxylic acid groups (broad SMARTS) is 1. The van der Waals surface area contributed by atoms with E-state index in [1.165, 1.54) is 0 Å². The zero-order chi connectivity index (χ0) is 8.27. The average molecular weight is 154 g/mol. The second-order valence-corrected chi connectivity index (χ2v) is 3.19. The molecule has 0 aromatic heterocycles. The summed E-state index contributed by atoms with van der Waals surface area (Å²) in [7, 11) is 0. The van der Waals surface area contributed by atoms with Crippen LogP contribution < -0.4 is 0 Å². The quantitative estimate of drug-likeness (QED) is 0.632. The monoisotopic (exact) mass is 154 g/mol. The summed E-state index contributed by atoms with van der Waals surface area (Å²) in [5.41, 5.74) is 0. The molecule has 1 aliphatic rings. The molecule has 0 bridgehead atoms. The summed E-state index contributed by atoms with van der Waals surface area (Å²) < 4.78 is 0. The van der Waals surface area contributed by atoms with Crippen molar-refractivity contribution in [3.05, 3.63) is 12.7 Å². The molecule has 0 unspecified atom stereocenters. The molecule has 0 heterocycles. The van der Waals surface area contributed by atoms with Crippen molar-refractivity contribution in [2.75, 3.05) is 0 Å². The Morgan fingerprint density at radius 3 is 2.91 bits per heavy atom. The molecular formula is C9H14O2. The molecule has 1 saturated carbocycles. The second-order valence-electron chi connectivity index (χ2n) is 3.19. The van der Waals surface area contributed by atoms with E-state index in [0.717, 1.165) is 19.3 Å². The van der Waals surface area contributed by atoms with E-state index in [2.05, 4.69) is 6.58 Å². The van der Waals surface area contributed by atoms with E-state index in [9.17, 15) is 4.79 Å². The van der Waals surface area contributed by atoms with Crippen molar-refractivity contribution >= 4 is 5.97 Å². The first-order valence-electron chi connectivity index (χ1n) is 4.08. The lowest BCUT2D eigenvalue weighted by Crippen LogP contribution is -2.10. The molecule has 0 aromatic rings. The predicted octanol–water partition coefficient (Wildman–Crippen LogP) is 2.06. The summed E-state index contributed by atoms with van der Waals surface area (Å²) in [4.78, 5) is 10.4. The number of carbonyl (C=O) groups is 1. The van der Waals surface area contributed by atoms with Gasteiger partial charge in [0.1, 0.15) is 0 Å². The summed E-state index contributed by atoms with van der Waals surface area (Å²) in [5, 5.41) is 8.55. The lowest BCUT2D eigenvalue weighted by Gasteiger charge is -2.12. The number of aliphatic carboxylic acids is 1. The molecule has 0 spiro atoms. The normalized spacial score (nSPS) is 30.2.